The Kier molecular flexibility index (Phi) is 1.19. The summed E-state index contributed by atoms with van der Waals surface area (Å²) >= 11 is 0. The molecule has 1 rings (SSSR count). The summed E-state index contributed by atoms with van der Waals surface area (Å²) in [6, 6.07) is 0. The van der Waals surface area contributed by atoms with Gasteiger partial charge in [0, 0.05) is 0 Å². The Morgan fingerprint density at radius 1 is 1.33 bits per heavy atom. The second-order valence-corrected chi connectivity index (χ2v) is 4.10. The van der Waals surface area contributed by atoms with Crippen molar-refractivity contribution in [3.05, 3.63) is 0 Å². The second-order valence-electron chi connectivity index (χ2n) is 4.10. The van der Waals surface area contributed by atoms with Gasteiger partial charge in [-0.3, -0.25) is 0 Å². The quantitative estimate of drug-likeness (QED) is 0.527. The minimum atomic E-state index is -0.410. The third-order valence-electron chi connectivity index (χ3n) is 3.32. The summed E-state index contributed by atoms with van der Waals surface area (Å²) in [5.74, 6) is 0.674. The normalized spacial score (nSPS) is 48.3. The maximum atomic E-state index is 9.61. The van der Waals surface area contributed by atoms with Crippen molar-refractivity contribution in [2.24, 2.45) is 11.3 Å². The van der Waals surface area contributed by atoms with E-state index in [-0.39, 0.29) is 5.41 Å². The van der Waals surface area contributed by atoms with Crippen LogP contribution < -0.4 is 0 Å². The minimum absolute atomic E-state index is 0.132. The fraction of sp³-hybridized carbons (Fsp3) is 1.00. The lowest BCUT2D eigenvalue weighted by Gasteiger charge is -2.56. The van der Waals surface area contributed by atoms with Crippen molar-refractivity contribution >= 4 is 0 Å². The Balaban J connectivity index is 2.70. The molecule has 54 valence electrons. The number of rotatable bonds is 0. The first-order chi connectivity index (χ1) is 3.88. The van der Waals surface area contributed by atoms with Crippen LogP contribution in [0.25, 0.3) is 0 Å². The van der Waals surface area contributed by atoms with Crippen molar-refractivity contribution in [3.8, 4) is 0 Å². The summed E-state index contributed by atoms with van der Waals surface area (Å²) in [7, 11) is 0. The summed E-state index contributed by atoms with van der Waals surface area (Å²) in [4.78, 5) is 0. The highest BCUT2D eigenvalue weighted by Crippen LogP contribution is 2.53. The molecule has 2 atom stereocenters. The summed E-state index contributed by atoms with van der Waals surface area (Å²) in [6.07, 6.45) is 0.958. The highest BCUT2D eigenvalue weighted by Gasteiger charge is 2.53. The van der Waals surface area contributed by atoms with E-state index in [1.54, 1.807) is 0 Å². The first kappa shape index (κ1) is 7.07. The fourth-order valence-corrected chi connectivity index (χ4v) is 1.51. The zero-order valence-corrected chi connectivity index (χ0v) is 6.73. The molecular formula is C8H16O. The molecular weight excluding hydrogens is 112 g/mol. The van der Waals surface area contributed by atoms with Crippen molar-refractivity contribution in [1.82, 2.24) is 0 Å². The molecule has 0 amide bonds. The van der Waals surface area contributed by atoms with Crippen LogP contribution in [0.1, 0.15) is 34.1 Å². The van der Waals surface area contributed by atoms with E-state index in [0.29, 0.717) is 5.92 Å². The zero-order valence-electron chi connectivity index (χ0n) is 6.73. The largest absolute Gasteiger partial charge is 0.390 e. The van der Waals surface area contributed by atoms with Crippen molar-refractivity contribution in [2.45, 2.75) is 39.7 Å². The predicted octanol–water partition coefficient (Wildman–Crippen LogP) is 1.80. The van der Waals surface area contributed by atoms with Crippen LogP contribution in [0.2, 0.25) is 0 Å². The van der Waals surface area contributed by atoms with Crippen LogP contribution in [0.4, 0.5) is 0 Å². The average molecular weight is 128 g/mol. The third-order valence-corrected chi connectivity index (χ3v) is 3.32. The second kappa shape index (κ2) is 1.51. The molecule has 1 heteroatoms. The van der Waals surface area contributed by atoms with Gasteiger partial charge in [0.1, 0.15) is 0 Å². The maximum absolute atomic E-state index is 9.61. The molecule has 1 N–H and O–H groups in total. The predicted molar refractivity (Wildman–Crippen MR) is 38.2 cm³/mol. The maximum Gasteiger partial charge on any atom is 0.0675 e. The average Bonchev–Trinajstić information content (AvgIpc) is 1.65. The van der Waals surface area contributed by atoms with Gasteiger partial charge in [0.25, 0.3) is 0 Å². The van der Waals surface area contributed by atoms with Gasteiger partial charge in [-0.1, -0.05) is 20.8 Å². The molecule has 0 aromatic carbocycles. The molecule has 0 bridgehead atoms. The molecule has 1 saturated carbocycles. The monoisotopic (exact) mass is 128 g/mol. The van der Waals surface area contributed by atoms with Gasteiger partial charge < -0.3 is 5.11 Å². The highest BCUT2D eigenvalue weighted by molar-refractivity contribution is 5.04. The summed E-state index contributed by atoms with van der Waals surface area (Å²) in [6.45, 7) is 8.37. The third kappa shape index (κ3) is 0.710. The van der Waals surface area contributed by atoms with E-state index in [9.17, 15) is 5.11 Å². The van der Waals surface area contributed by atoms with Crippen LogP contribution in [0.3, 0.4) is 0 Å². The molecule has 1 aliphatic rings. The molecule has 9 heavy (non-hydrogen) atoms. The first-order valence-corrected chi connectivity index (χ1v) is 3.60. The van der Waals surface area contributed by atoms with Gasteiger partial charge in [0.2, 0.25) is 0 Å². The van der Waals surface area contributed by atoms with Crippen molar-refractivity contribution in [2.75, 3.05) is 0 Å². The van der Waals surface area contributed by atoms with E-state index in [4.69, 9.17) is 0 Å². The van der Waals surface area contributed by atoms with Gasteiger partial charge in [0.05, 0.1) is 5.60 Å². The highest BCUT2D eigenvalue weighted by atomic mass is 16.3. The van der Waals surface area contributed by atoms with Gasteiger partial charge >= 0.3 is 0 Å². The summed E-state index contributed by atoms with van der Waals surface area (Å²) in [5, 5.41) is 9.61. The molecule has 2 unspecified atom stereocenters. The van der Waals surface area contributed by atoms with E-state index in [0.717, 1.165) is 6.42 Å². The van der Waals surface area contributed by atoms with Gasteiger partial charge in [-0.15, -0.1) is 0 Å². The van der Waals surface area contributed by atoms with E-state index in [2.05, 4.69) is 20.8 Å². The molecule has 0 radical (unpaired) electrons. The van der Waals surface area contributed by atoms with Crippen molar-refractivity contribution < 1.29 is 5.11 Å². The van der Waals surface area contributed by atoms with E-state index in [1.807, 2.05) is 6.92 Å². The van der Waals surface area contributed by atoms with Crippen LogP contribution in [-0.2, 0) is 0 Å². The molecule has 0 aliphatic heterocycles. The number of hydrogen-bond acceptors (Lipinski definition) is 1. The molecule has 1 fully saturated rings. The van der Waals surface area contributed by atoms with E-state index >= 15 is 0 Å². The van der Waals surface area contributed by atoms with Crippen LogP contribution in [-0.4, -0.2) is 10.7 Å². The van der Waals surface area contributed by atoms with Crippen LogP contribution in [0.5, 0.6) is 0 Å². The Bertz CT molecular complexity index is 125. The first-order valence-electron chi connectivity index (χ1n) is 3.60. The van der Waals surface area contributed by atoms with Crippen LogP contribution in [0.15, 0.2) is 0 Å². The lowest BCUT2D eigenvalue weighted by Crippen LogP contribution is -2.57. The van der Waals surface area contributed by atoms with E-state index in [1.165, 1.54) is 0 Å². The minimum Gasteiger partial charge on any atom is -0.390 e. The van der Waals surface area contributed by atoms with Gasteiger partial charge in [-0.05, 0) is 24.7 Å². The van der Waals surface area contributed by atoms with Crippen molar-refractivity contribution in [3.63, 3.8) is 0 Å². The molecule has 0 saturated heterocycles. The zero-order chi connectivity index (χ0) is 7.28. The SMILES string of the molecule is CC1CC(C)(O)C1(C)C. The van der Waals surface area contributed by atoms with Crippen LogP contribution >= 0.6 is 0 Å². The Hall–Kier alpha value is -0.0400. The Morgan fingerprint density at radius 3 is 1.78 bits per heavy atom. The number of aliphatic hydroxyl groups is 1. The van der Waals surface area contributed by atoms with Crippen LogP contribution in [0, 0.1) is 11.3 Å². The van der Waals surface area contributed by atoms with Gasteiger partial charge in [0.15, 0.2) is 0 Å². The van der Waals surface area contributed by atoms with Crippen molar-refractivity contribution in [1.29, 1.82) is 0 Å². The molecule has 0 aromatic rings. The molecule has 0 heterocycles. The Labute approximate surface area is 57.1 Å². The smallest absolute Gasteiger partial charge is 0.0675 e. The van der Waals surface area contributed by atoms with Gasteiger partial charge in [-0.2, -0.15) is 0 Å². The van der Waals surface area contributed by atoms with E-state index < -0.39 is 5.60 Å². The lowest BCUT2D eigenvalue weighted by molar-refractivity contribution is -0.175. The number of hydrogen-bond donors (Lipinski definition) is 1. The standard InChI is InChI=1S/C8H16O/c1-6-5-8(4,9)7(6,2)3/h6,9H,5H2,1-4H3. The lowest BCUT2D eigenvalue weighted by atomic mass is 9.53. The van der Waals surface area contributed by atoms with Gasteiger partial charge in [-0.25, -0.2) is 0 Å². The molecule has 0 spiro atoms. The molecule has 1 nitrogen and oxygen atoms in total. The summed E-state index contributed by atoms with van der Waals surface area (Å²) in [5.41, 5.74) is -0.278. The Morgan fingerprint density at radius 2 is 1.78 bits per heavy atom. The molecule has 0 aromatic heterocycles. The molecule has 1 aliphatic carbocycles. The topological polar surface area (TPSA) is 20.2 Å². The fourth-order valence-electron chi connectivity index (χ4n) is 1.51. The summed E-state index contributed by atoms with van der Waals surface area (Å²) < 4.78 is 0.